The molecule has 0 bridgehead atoms. The zero-order valence-corrected chi connectivity index (χ0v) is 12.5. The summed E-state index contributed by atoms with van der Waals surface area (Å²) in [5, 5.41) is 3.49. The number of hydrogen-bond donors (Lipinski definition) is 1. The Balaban J connectivity index is 2.09. The van der Waals surface area contributed by atoms with Crippen LogP contribution in [-0.4, -0.2) is 17.0 Å². The smallest absolute Gasteiger partial charge is 0.256 e. The van der Waals surface area contributed by atoms with Crippen molar-refractivity contribution < 1.29 is 4.79 Å². The van der Waals surface area contributed by atoms with Gasteiger partial charge in [-0.2, -0.15) is 0 Å². The Hall–Kier alpha value is -2.10. The number of aromatic nitrogens is 1. The van der Waals surface area contributed by atoms with Gasteiger partial charge in [0.2, 0.25) is 5.43 Å². The number of rotatable bonds is 4. The van der Waals surface area contributed by atoms with Crippen LogP contribution < -0.4 is 10.7 Å². The van der Waals surface area contributed by atoms with Gasteiger partial charge in [0.25, 0.3) is 5.91 Å². The third-order valence-electron chi connectivity index (χ3n) is 4.19. The summed E-state index contributed by atoms with van der Waals surface area (Å²) in [7, 11) is 0. The first-order chi connectivity index (χ1) is 10.1. The normalized spacial score (nSPS) is 16.4. The zero-order chi connectivity index (χ0) is 15.0. The molecule has 21 heavy (non-hydrogen) atoms. The Bertz CT molecular complexity index is 761. The van der Waals surface area contributed by atoms with Gasteiger partial charge >= 0.3 is 0 Å². The van der Waals surface area contributed by atoms with E-state index in [2.05, 4.69) is 29.8 Å². The van der Waals surface area contributed by atoms with Crippen LogP contribution in [0.5, 0.6) is 0 Å². The molecule has 0 aliphatic carbocycles. The highest BCUT2D eigenvalue weighted by Crippen LogP contribution is 2.30. The van der Waals surface area contributed by atoms with Crippen molar-refractivity contribution in [3.63, 3.8) is 0 Å². The van der Waals surface area contributed by atoms with E-state index in [9.17, 15) is 9.59 Å². The lowest BCUT2D eigenvalue weighted by atomic mass is 10.1. The highest BCUT2D eigenvalue weighted by atomic mass is 16.2. The molecule has 4 nitrogen and oxygen atoms in total. The third-order valence-corrected chi connectivity index (χ3v) is 4.19. The minimum Gasteiger partial charge on any atom is -0.352 e. The molecule has 1 N–H and O–H groups in total. The number of unbranched alkanes of at least 4 members (excludes halogenated alkanes) is 1. The van der Waals surface area contributed by atoms with Crippen molar-refractivity contribution in [1.29, 1.82) is 0 Å². The van der Waals surface area contributed by atoms with Crippen molar-refractivity contribution in [1.82, 2.24) is 9.88 Å². The van der Waals surface area contributed by atoms with E-state index in [1.807, 2.05) is 12.1 Å². The largest absolute Gasteiger partial charge is 0.352 e. The molecule has 4 heteroatoms. The summed E-state index contributed by atoms with van der Waals surface area (Å²) in [6.45, 7) is 4.80. The molecule has 0 spiro atoms. The molecule has 0 saturated heterocycles. The van der Waals surface area contributed by atoms with Crippen molar-refractivity contribution >= 4 is 16.8 Å². The molecule has 110 valence electrons. The quantitative estimate of drug-likeness (QED) is 0.878. The van der Waals surface area contributed by atoms with Gasteiger partial charge in [-0.3, -0.25) is 9.59 Å². The minimum absolute atomic E-state index is 0.161. The number of nitrogens with one attached hydrogen (secondary N) is 1. The van der Waals surface area contributed by atoms with Gasteiger partial charge in [-0.15, -0.1) is 0 Å². The zero-order valence-electron chi connectivity index (χ0n) is 12.5. The van der Waals surface area contributed by atoms with Crippen LogP contribution in [0.2, 0.25) is 0 Å². The van der Waals surface area contributed by atoms with Gasteiger partial charge in [-0.05, 0) is 31.4 Å². The number of carbonyl (C=O) groups excluding carboxylic acids is 1. The molecule has 2 aromatic rings. The lowest BCUT2D eigenvalue weighted by molar-refractivity contribution is 0.0951. The number of hydrogen-bond acceptors (Lipinski definition) is 2. The van der Waals surface area contributed by atoms with E-state index in [0.717, 1.165) is 24.8 Å². The fraction of sp³-hybridized carbons (Fsp3) is 0.412. The molecule has 2 heterocycles. The lowest BCUT2D eigenvalue weighted by Gasteiger charge is -2.12. The molecule has 1 aromatic carbocycles. The monoisotopic (exact) mass is 284 g/mol. The number of para-hydroxylation sites is 1. The van der Waals surface area contributed by atoms with Crippen LogP contribution in [0.25, 0.3) is 10.9 Å². The van der Waals surface area contributed by atoms with Crippen LogP contribution >= 0.6 is 0 Å². The van der Waals surface area contributed by atoms with Crippen molar-refractivity contribution in [2.45, 2.75) is 39.2 Å². The standard InChI is InChI=1S/C17H20N2O2/c1-3-4-8-18-17(21)14-10-19-11(2)9-12-6-5-7-13(15(12)19)16(14)20/h5-7,10-11H,3-4,8-9H2,1-2H3,(H,18,21)/t11-/m0/s1. The van der Waals surface area contributed by atoms with Gasteiger partial charge < -0.3 is 9.88 Å². The first-order valence-electron chi connectivity index (χ1n) is 7.58. The second-order valence-corrected chi connectivity index (χ2v) is 5.76. The number of pyridine rings is 1. The summed E-state index contributed by atoms with van der Waals surface area (Å²) in [4.78, 5) is 24.8. The molecule has 1 atom stereocenters. The maximum absolute atomic E-state index is 12.6. The van der Waals surface area contributed by atoms with Gasteiger partial charge in [-0.1, -0.05) is 25.5 Å². The topological polar surface area (TPSA) is 51.1 Å². The van der Waals surface area contributed by atoms with E-state index in [1.54, 1.807) is 6.20 Å². The Kier molecular flexibility index (Phi) is 3.53. The van der Waals surface area contributed by atoms with E-state index in [4.69, 9.17) is 0 Å². The van der Waals surface area contributed by atoms with Crippen LogP contribution in [0, 0.1) is 0 Å². The van der Waals surface area contributed by atoms with Crippen molar-refractivity contribution in [3.05, 3.63) is 45.7 Å². The molecule has 0 fully saturated rings. The number of carbonyl (C=O) groups is 1. The van der Waals surface area contributed by atoms with E-state index in [-0.39, 0.29) is 22.9 Å². The van der Waals surface area contributed by atoms with E-state index in [1.165, 1.54) is 5.56 Å². The summed E-state index contributed by atoms with van der Waals surface area (Å²) >= 11 is 0. The number of nitrogens with zero attached hydrogens (tertiary/aromatic N) is 1. The van der Waals surface area contributed by atoms with Crippen molar-refractivity contribution in [2.75, 3.05) is 6.54 Å². The molecule has 1 amide bonds. The maximum atomic E-state index is 12.6. The summed E-state index contributed by atoms with van der Waals surface area (Å²) in [5.41, 5.74) is 2.27. The Morgan fingerprint density at radius 3 is 3.00 bits per heavy atom. The van der Waals surface area contributed by atoms with Gasteiger partial charge in [0.05, 0.1) is 5.52 Å². The molecular formula is C17H20N2O2. The summed E-state index contributed by atoms with van der Waals surface area (Å²) in [6.07, 6.45) is 4.58. The second-order valence-electron chi connectivity index (χ2n) is 5.76. The van der Waals surface area contributed by atoms with Crippen LogP contribution in [0.4, 0.5) is 0 Å². The molecule has 1 aliphatic heterocycles. The molecule has 0 saturated carbocycles. The van der Waals surface area contributed by atoms with Gasteiger partial charge in [0.1, 0.15) is 5.56 Å². The second kappa shape index (κ2) is 5.35. The number of benzene rings is 1. The molecule has 3 rings (SSSR count). The van der Waals surface area contributed by atoms with Crippen LogP contribution in [0.1, 0.15) is 48.7 Å². The third kappa shape index (κ3) is 2.24. The highest BCUT2D eigenvalue weighted by molar-refractivity contribution is 5.98. The van der Waals surface area contributed by atoms with E-state index >= 15 is 0 Å². The molecule has 0 radical (unpaired) electrons. The van der Waals surface area contributed by atoms with Crippen molar-refractivity contribution in [3.8, 4) is 0 Å². The highest BCUT2D eigenvalue weighted by Gasteiger charge is 2.24. The summed E-state index contributed by atoms with van der Waals surface area (Å²) in [5.74, 6) is -0.261. The fourth-order valence-electron chi connectivity index (χ4n) is 3.05. The predicted molar refractivity (Wildman–Crippen MR) is 83.9 cm³/mol. The van der Waals surface area contributed by atoms with Gasteiger partial charge in [-0.25, -0.2) is 0 Å². The van der Waals surface area contributed by atoms with Crippen LogP contribution in [-0.2, 0) is 6.42 Å². The van der Waals surface area contributed by atoms with E-state index < -0.39 is 0 Å². The SMILES string of the molecule is CCCCNC(=O)c1cn2c3c(cccc3c1=O)C[C@@H]2C. The average Bonchev–Trinajstić information content (AvgIpc) is 2.79. The van der Waals surface area contributed by atoms with Crippen molar-refractivity contribution in [2.24, 2.45) is 0 Å². The maximum Gasteiger partial charge on any atom is 0.256 e. The fourth-order valence-corrected chi connectivity index (χ4v) is 3.05. The lowest BCUT2D eigenvalue weighted by Crippen LogP contribution is -2.30. The molecule has 1 aliphatic rings. The average molecular weight is 284 g/mol. The Morgan fingerprint density at radius 2 is 2.24 bits per heavy atom. The molecule has 1 aromatic heterocycles. The molecular weight excluding hydrogens is 264 g/mol. The molecule has 0 unspecified atom stereocenters. The predicted octanol–water partition coefficient (Wildman–Crippen LogP) is 2.65. The van der Waals surface area contributed by atoms with Crippen LogP contribution in [0.15, 0.2) is 29.2 Å². The summed E-state index contributed by atoms with van der Waals surface area (Å²) in [6, 6.07) is 6.06. The number of amides is 1. The minimum atomic E-state index is -0.261. The van der Waals surface area contributed by atoms with Gasteiger partial charge in [0, 0.05) is 24.2 Å². The van der Waals surface area contributed by atoms with E-state index in [0.29, 0.717) is 11.9 Å². The van der Waals surface area contributed by atoms with Gasteiger partial charge in [0.15, 0.2) is 0 Å². The first kappa shape index (κ1) is 13.9. The Morgan fingerprint density at radius 1 is 1.43 bits per heavy atom. The Labute approximate surface area is 123 Å². The summed E-state index contributed by atoms with van der Waals surface area (Å²) < 4.78 is 2.07. The van der Waals surface area contributed by atoms with Crippen LogP contribution in [0.3, 0.4) is 0 Å². The first-order valence-corrected chi connectivity index (χ1v) is 7.58.